The third kappa shape index (κ3) is 4.01. The van der Waals surface area contributed by atoms with Crippen molar-refractivity contribution in [2.75, 3.05) is 18.4 Å². The molecule has 1 aliphatic rings. The van der Waals surface area contributed by atoms with Crippen molar-refractivity contribution in [1.29, 1.82) is 0 Å². The summed E-state index contributed by atoms with van der Waals surface area (Å²) in [6.45, 7) is 1.12. The minimum atomic E-state index is -0.479. The molecule has 2 aromatic heterocycles. The SMILES string of the molecule is O=C(c1ccccc1F)N1CCC(Nc2nc(-c3cccnc3)nc3ccccc23)CC1. The van der Waals surface area contributed by atoms with Crippen molar-refractivity contribution in [1.82, 2.24) is 19.9 Å². The maximum atomic E-state index is 14.0. The number of aromatic nitrogens is 3. The number of para-hydroxylation sites is 1. The number of halogens is 1. The van der Waals surface area contributed by atoms with Crippen LogP contribution in [0.15, 0.2) is 73.1 Å². The van der Waals surface area contributed by atoms with Crippen LogP contribution in [0.1, 0.15) is 23.2 Å². The van der Waals surface area contributed by atoms with E-state index in [1.807, 2.05) is 36.4 Å². The molecule has 1 saturated heterocycles. The Hall–Kier alpha value is -3.87. The summed E-state index contributed by atoms with van der Waals surface area (Å²) in [5.41, 5.74) is 1.84. The number of carbonyl (C=O) groups excluding carboxylic acids is 1. The number of benzene rings is 2. The Morgan fingerprint density at radius 2 is 1.75 bits per heavy atom. The summed E-state index contributed by atoms with van der Waals surface area (Å²) in [4.78, 5) is 28.1. The van der Waals surface area contributed by atoms with E-state index in [0.717, 1.165) is 35.1 Å². The van der Waals surface area contributed by atoms with Crippen LogP contribution in [-0.2, 0) is 0 Å². The van der Waals surface area contributed by atoms with Gasteiger partial charge in [-0.05, 0) is 49.2 Å². The molecule has 32 heavy (non-hydrogen) atoms. The van der Waals surface area contributed by atoms with Crippen molar-refractivity contribution in [2.45, 2.75) is 18.9 Å². The Bertz CT molecular complexity index is 1260. The molecule has 0 spiro atoms. The summed E-state index contributed by atoms with van der Waals surface area (Å²) in [5.74, 6) is 0.654. The summed E-state index contributed by atoms with van der Waals surface area (Å²) < 4.78 is 14.0. The maximum Gasteiger partial charge on any atom is 0.256 e. The zero-order chi connectivity index (χ0) is 21.9. The molecule has 1 fully saturated rings. The predicted octanol–water partition coefficient (Wildman–Crippen LogP) is 4.55. The molecule has 0 saturated carbocycles. The maximum absolute atomic E-state index is 14.0. The molecule has 0 bridgehead atoms. The quantitative estimate of drug-likeness (QED) is 0.518. The lowest BCUT2D eigenvalue weighted by atomic mass is 10.0. The summed E-state index contributed by atoms with van der Waals surface area (Å²) in [6.07, 6.45) is 4.97. The number of rotatable bonds is 4. The molecule has 0 aliphatic carbocycles. The number of amides is 1. The third-order valence-electron chi connectivity index (χ3n) is 5.75. The van der Waals surface area contributed by atoms with Gasteiger partial charge >= 0.3 is 0 Å². The topological polar surface area (TPSA) is 71.0 Å². The highest BCUT2D eigenvalue weighted by Gasteiger charge is 2.25. The van der Waals surface area contributed by atoms with Crippen LogP contribution in [0.4, 0.5) is 10.2 Å². The van der Waals surface area contributed by atoms with Gasteiger partial charge in [-0.3, -0.25) is 9.78 Å². The van der Waals surface area contributed by atoms with Gasteiger partial charge in [0, 0.05) is 42.5 Å². The Balaban J connectivity index is 1.34. The molecular weight excluding hydrogens is 405 g/mol. The second kappa shape index (κ2) is 8.70. The van der Waals surface area contributed by atoms with Crippen LogP contribution in [0.2, 0.25) is 0 Å². The number of hydrogen-bond acceptors (Lipinski definition) is 5. The second-order valence-corrected chi connectivity index (χ2v) is 7.85. The number of nitrogens with one attached hydrogen (secondary N) is 1. The second-order valence-electron chi connectivity index (χ2n) is 7.85. The van der Waals surface area contributed by atoms with Crippen molar-refractivity contribution in [3.05, 3.63) is 84.4 Å². The van der Waals surface area contributed by atoms with E-state index in [1.165, 1.54) is 12.1 Å². The van der Waals surface area contributed by atoms with Gasteiger partial charge in [0.2, 0.25) is 0 Å². The van der Waals surface area contributed by atoms with E-state index >= 15 is 0 Å². The molecule has 1 amide bonds. The van der Waals surface area contributed by atoms with Crippen LogP contribution in [0.3, 0.4) is 0 Å². The van der Waals surface area contributed by atoms with Gasteiger partial charge in [0.1, 0.15) is 11.6 Å². The zero-order valence-corrected chi connectivity index (χ0v) is 17.4. The molecule has 0 atom stereocenters. The van der Waals surface area contributed by atoms with Crippen LogP contribution in [-0.4, -0.2) is 44.9 Å². The Kier molecular flexibility index (Phi) is 5.46. The smallest absolute Gasteiger partial charge is 0.256 e. The fourth-order valence-corrected chi connectivity index (χ4v) is 4.04. The first kappa shape index (κ1) is 20.1. The molecule has 0 radical (unpaired) electrons. The normalized spacial score (nSPS) is 14.5. The standard InChI is InChI=1S/C25H22FN5O/c26-21-9-3-1-7-19(21)25(32)31-14-11-18(12-15-31)28-24-20-8-2-4-10-22(20)29-23(30-24)17-6-5-13-27-16-17/h1-10,13,16,18H,11-12,14-15H2,(H,28,29,30). The molecule has 5 rings (SSSR count). The van der Waals surface area contributed by atoms with Crippen LogP contribution in [0.25, 0.3) is 22.3 Å². The van der Waals surface area contributed by atoms with E-state index in [1.54, 1.807) is 29.4 Å². The van der Waals surface area contributed by atoms with Crippen molar-refractivity contribution >= 4 is 22.6 Å². The molecule has 6 nitrogen and oxygen atoms in total. The number of piperidine rings is 1. The van der Waals surface area contributed by atoms with Crippen LogP contribution in [0, 0.1) is 5.82 Å². The van der Waals surface area contributed by atoms with Gasteiger partial charge < -0.3 is 10.2 Å². The molecular formula is C25H22FN5O. The van der Waals surface area contributed by atoms with E-state index < -0.39 is 5.82 Å². The first-order valence-corrected chi connectivity index (χ1v) is 10.7. The first-order chi connectivity index (χ1) is 15.7. The number of anilines is 1. The van der Waals surface area contributed by atoms with Gasteiger partial charge in [0.25, 0.3) is 5.91 Å². The number of carbonyl (C=O) groups is 1. The Morgan fingerprint density at radius 1 is 0.969 bits per heavy atom. The van der Waals surface area contributed by atoms with E-state index in [2.05, 4.69) is 10.3 Å². The average Bonchev–Trinajstić information content (AvgIpc) is 2.85. The number of fused-ring (bicyclic) bond motifs is 1. The first-order valence-electron chi connectivity index (χ1n) is 10.7. The monoisotopic (exact) mass is 427 g/mol. The van der Waals surface area contributed by atoms with Crippen molar-refractivity contribution in [2.24, 2.45) is 0 Å². The van der Waals surface area contributed by atoms with E-state index in [0.29, 0.717) is 18.9 Å². The van der Waals surface area contributed by atoms with Gasteiger partial charge in [-0.1, -0.05) is 24.3 Å². The molecule has 2 aromatic carbocycles. The highest BCUT2D eigenvalue weighted by molar-refractivity contribution is 5.94. The number of pyridine rings is 1. The Morgan fingerprint density at radius 3 is 2.53 bits per heavy atom. The molecule has 160 valence electrons. The number of likely N-dealkylation sites (tertiary alicyclic amines) is 1. The van der Waals surface area contributed by atoms with Crippen LogP contribution >= 0.6 is 0 Å². The van der Waals surface area contributed by atoms with Crippen molar-refractivity contribution in [3.63, 3.8) is 0 Å². The fraction of sp³-hybridized carbons (Fsp3) is 0.200. The summed E-state index contributed by atoms with van der Waals surface area (Å²) in [6, 6.07) is 18.0. The minimum absolute atomic E-state index is 0.127. The van der Waals surface area contributed by atoms with Crippen molar-refractivity contribution in [3.8, 4) is 11.4 Å². The average molecular weight is 427 g/mol. The highest BCUT2D eigenvalue weighted by Crippen LogP contribution is 2.27. The van der Waals surface area contributed by atoms with E-state index in [4.69, 9.17) is 9.97 Å². The van der Waals surface area contributed by atoms with Crippen molar-refractivity contribution < 1.29 is 9.18 Å². The van der Waals surface area contributed by atoms with Gasteiger partial charge in [-0.2, -0.15) is 0 Å². The lowest BCUT2D eigenvalue weighted by Crippen LogP contribution is -2.42. The lowest BCUT2D eigenvalue weighted by Gasteiger charge is -2.33. The summed E-state index contributed by atoms with van der Waals surface area (Å²) >= 11 is 0. The largest absolute Gasteiger partial charge is 0.367 e. The minimum Gasteiger partial charge on any atom is -0.367 e. The van der Waals surface area contributed by atoms with E-state index in [-0.39, 0.29) is 17.5 Å². The number of nitrogens with zero attached hydrogens (tertiary/aromatic N) is 4. The van der Waals surface area contributed by atoms with Gasteiger partial charge in [-0.15, -0.1) is 0 Å². The molecule has 1 aliphatic heterocycles. The summed E-state index contributed by atoms with van der Waals surface area (Å²) in [7, 11) is 0. The zero-order valence-electron chi connectivity index (χ0n) is 17.4. The molecule has 1 N–H and O–H groups in total. The lowest BCUT2D eigenvalue weighted by molar-refractivity contribution is 0.0713. The molecule has 7 heteroatoms. The number of hydrogen-bond donors (Lipinski definition) is 1. The van der Waals surface area contributed by atoms with Crippen LogP contribution < -0.4 is 5.32 Å². The summed E-state index contributed by atoms with van der Waals surface area (Å²) in [5, 5.41) is 4.51. The highest BCUT2D eigenvalue weighted by atomic mass is 19.1. The van der Waals surface area contributed by atoms with Crippen LogP contribution in [0.5, 0.6) is 0 Å². The van der Waals surface area contributed by atoms with Gasteiger partial charge in [0.15, 0.2) is 5.82 Å². The molecule has 4 aromatic rings. The molecule has 0 unspecified atom stereocenters. The third-order valence-corrected chi connectivity index (χ3v) is 5.75. The predicted molar refractivity (Wildman–Crippen MR) is 122 cm³/mol. The fourth-order valence-electron chi connectivity index (χ4n) is 4.04. The van der Waals surface area contributed by atoms with E-state index in [9.17, 15) is 9.18 Å². The van der Waals surface area contributed by atoms with Gasteiger partial charge in [-0.25, -0.2) is 14.4 Å². The molecule has 3 heterocycles. The Labute approximate surface area is 185 Å². The van der Waals surface area contributed by atoms with Gasteiger partial charge in [0.05, 0.1) is 11.1 Å².